The minimum Gasteiger partial charge on any atom is -0.332 e. The number of nitrogens with zero attached hydrogens (tertiary/aromatic N) is 2. The molecule has 0 saturated heterocycles. The molecule has 2 aromatic rings. The third kappa shape index (κ3) is 4.77. The number of hydrogen-bond donors (Lipinski definition) is 1. The van der Waals surface area contributed by atoms with Gasteiger partial charge in [0.05, 0.1) is 17.1 Å². The predicted molar refractivity (Wildman–Crippen MR) is 93.7 cm³/mol. The van der Waals surface area contributed by atoms with Gasteiger partial charge >= 0.3 is 0 Å². The molecule has 1 heterocycles. The Morgan fingerprint density at radius 1 is 1.30 bits per heavy atom. The fourth-order valence-electron chi connectivity index (χ4n) is 1.94. The van der Waals surface area contributed by atoms with Gasteiger partial charge in [0, 0.05) is 17.7 Å². The van der Waals surface area contributed by atoms with E-state index in [1.807, 2.05) is 13.0 Å². The molecule has 0 fully saturated rings. The molecule has 5 nitrogen and oxygen atoms in total. The molecule has 0 spiro atoms. The van der Waals surface area contributed by atoms with Gasteiger partial charge in [0.2, 0.25) is 5.91 Å². The summed E-state index contributed by atoms with van der Waals surface area (Å²) in [5.41, 5.74) is 1.32. The fraction of sp³-hybridized carbons (Fsp3) is 0.188. The Hall–Kier alpha value is -1.92. The van der Waals surface area contributed by atoms with Crippen molar-refractivity contribution in [2.45, 2.75) is 6.92 Å². The third-order valence-corrected chi connectivity index (χ3v) is 3.89. The second kappa shape index (κ2) is 7.57. The Labute approximate surface area is 147 Å². The lowest BCUT2D eigenvalue weighted by Crippen LogP contribution is -2.35. The Bertz CT molecular complexity index is 752. The molecule has 0 aliphatic rings. The summed E-state index contributed by atoms with van der Waals surface area (Å²) in [5.74, 6) is -0.204. The number of rotatable bonds is 4. The second-order valence-corrected chi connectivity index (χ2v) is 6.37. The number of carbonyl (C=O) groups is 2. The lowest BCUT2D eigenvalue weighted by atomic mass is 10.2. The van der Waals surface area contributed by atoms with E-state index in [4.69, 9.17) is 11.6 Å². The summed E-state index contributed by atoms with van der Waals surface area (Å²) < 4.78 is 0.743. The van der Waals surface area contributed by atoms with Gasteiger partial charge in [-0.2, -0.15) is 0 Å². The van der Waals surface area contributed by atoms with Gasteiger partial charge in [0.1, 0.15) is 5.82 Å². The molecule has 0 radical (unpaired) electrons. The highest BCUT2D eigenvalue weighted by Gasteiger charge is 2.18. The number of benzene rings is 1. The van der Waals surface area contributed by atoms with E-state index >= 15 is 0 Å². The molecule has 0 aliphatic carbocycles. The Morgan fingerprint density at radius 3 is 2.74 bits per heavy atom. The van der Waals surface area contributed by atoms with E-state index < -0.39 is 0 Å². The maximum atomic E-state index is 12.4. The largest absolute Gasteiger partial charge is 0.332 e. The van der Waals surface area contributed by atoms with Crippen LogP contribution < -0.4 is 5.32 Å². The molecular formula is C16H15BrClN3O2. The number of carbonyl (C=O) groups excluding carboxylic acids is 2. The Balaban J connectivity index is 2.03. The van der Waals surface area contributed by atoms with E-state index in [0.29, 0.717) is 16.4 Å². The number of aromatic nitrogens is 1. The highest BCUT2D eigenvalue weighted by Crippen LogP contribution is 2.22. The van der Waals surface area contributed by atoms with Crippen LogP contribution in [0.2, 0.25) is 5.02 Å². The van der Waals surface area contributed by atoms with Gasteiger partial charge in [0.15, 0.2) is 0 Å². The average molecular weight is 397 g/mol. The molecule has 0 unspecified atom stereocenters. The van der Waals surface area contributed by atoms with Crippen LogP contribution in [-0.2, 0) is 4.79 Å². The smallest absolute Gasteiger partial charge is 0.255 e. The zero-order valence-electron chi connectivity index (χ0n) is 12.6. The molecule has 1 aromatic carbocycles. The van der Waals surface area contributed by atoms with E-state index in [-0.39, 0.29) is 18.4 Å². The van der Waals surface area contributed by atoms with Crippen LogP contribution in [0.15, 0.2) is 41.0 Å². The number of amides is 2. The van der Waals surface area contributed by atoms with Crippen molar-refractivity contribution < 1.29 is 9.59 Å². The first-order valence-corrected chi connectivity index (χ1v) is 7.97. The fourth-order valence-corrected chi connectivity index (χ4v) is 2.50. The highest BCUT2D eigenvalue weighted by atomic mass is 79.9. The Morgan fingerprint density at radius 2 is 2.04 bits per heavy atom. The topological polar surface area (TPSA) is 62.3 Å². The summed E-state index contributed by atoms with van der Waals surface area (Å²) >= 11 is 9.34. The molecule has 2 amide bonds. The molecule has 7 heteroatoms. The minimum absolute atomic E-state index is 0.0999. The van der Waals surface area contributed by atoms with Crippen LogP contribution in [0.4, 0.5) is 5.82 Å². The van der Waals surface area contributed by atoms with Crippen molar-refractivity contribution in [3.8, 4) is 0 Å². The van der Waals surface area contributed by atoms with Crippen molar-refractivity contribution in [3.63, 3.8) is 0 Å². The van der Waals surface area contributed by atoms with Crippen LogP contribution in [0.5, 0.6) is 0 Å². The molecular weight excluding hydrogens is 382 g/mol. The number of pyridine rings is 1. The van der Waals surface area contributed by atoms with E-state index in [2.05, 4.69) is 26.2 Å². The maximum Gasteiger partial charge on any atom is 0.255 e. The number of anilines is 1. The van der Waals surface area contributed by atoms with Gasteiger partial charge in [-0.3, -0.25) is 9.59 Å². The number of likely N-dealkylation sites (N-methyl/N-ethyl adjacent to an activating group) is 1. The summed E-state index contributed by atoms with van der Waals surface area (Å²) in [6.07, 6.45) is 1.61. The van der Waals surface area contributed by atoms with Gasteiger partial charge in [-0.05, 0) is 42.8 Å². The quantitative estimate of drug-likeness (QED) is 0.860. The number of nitrogens with one attached hydrogen (secondary N) is 1. The first-order chi connectivity index (χ1) is 10.9. The summed E-state index contributed by atoms with van der Waals surface area (Å²) in [5, 5.41) is 3.00. The van der Waals surface area contributed by atoms with Crippen LogP contribution >= 0.6 is 27.5 Å². The number of hydrogen-bond acceptors (Lipinski definition) is 3. The zero-order valence-corrected chi connectivity index (χ0v) is 15.0. The lowest BCUT2D eigenvalue weighted by molar-refractivity contribution is -0.116. The molecule has 0 saturated carbocycles. The maximum absolute atomic E-state index is 12.4. The normalized spacial score (nSPS) is 10.3. The van der Waals surface area contributed by atoms with Gasteiger partial charge in [0.25, 0.3) is 5.91 Å². The van der Waals surface area contributed by atoms with E-state index in [1.165, 1.54) is 4.90 Å². The molecule has 120 valence electrons. The van der Waals surface area contributed by atoms with Crippen LogP contribution in [0.3, 0.4) is 0 Å². The molecule has 23 heavy (non-hydrogen) atoms. The van der Waals surface area contributed by atoms with Gasteiger partial charge in [-0.1, -0.05) is 27.5 Å². The summed E-state index contributed by atoms with van der Waals surface area (Å²) in [4.78, 5) is 29.8. The summed E-state index contributed by atoms with van der Waals surface area (Å²) in [7, 11) is 1.54. The van der Waals surface area contributed by atoms with Crippen molar-refractivity contribution in [2.75, 3.05) is 18.9 Å². The Kier molecular flexibility index (Phi) is 5.74. The van der Waals surface area contributed by atoms with E-state index in [1.54, 1.807) is 37.5 Å². The molecule has 0 aliphatic heterocycles. The molecule has 0 bridgehead atoms. The molecule has 0 atom stereocenters. The van der Waals surface area contributed by atoms with Crippen molar-refractivity contribution in [1.29, 1.82) is 0 Å². The second-order valence-electron chi connectivity index (χ2n) is 5.05. The van der Waals surface area contributed by atoms with Crippen LogP contribution in [0.25, 0.3) is 0 Å². The third-order valence-electron chi connectivity index (χ3n) is 3.07. The van der Waals surface area contributed by atoms with Crippen molar-refractivity contribution in [2.24, 2.45) is 0 Å². The van der Waals surface area contributed by atoms with E-state index in [0.717, 1.165) is 10.0 Å². The van der Waals surface area contributed by atoms with Crippen molar-refractivity contribution in [3.05, 3.63) is 57.2 Å². The lowest BCUT2D eigenvalue weighted by Gasteiger charge is -2.17. The number of halogens is 2. The SMILES string of the molecule is Cc1ccnc(NC(=O)CN(C)C(=O)c2cc(Br)ccc2Cl)c1. The molecule has 1 aromatic heterocycles. The number of aryl methyl sites for hydroxylation is 1. The van der Waals surface area contributed by atoms with Gasteiger partial charge in [-0.15, -0.1) is 0 Å². The average Bonchev–Trinajstić information content (AvgIpc) is 2.48. The van der Waals surface area contributed by atoms with Crippen LogP contribution in [-0.4, -0.2) is 35.3 Å². The molecule has 2 rings (SSSR count). The zero-order chi connectivity index (χ0) is 17.0. The van der Waals surface area contributed by atoms with Gasteiger partial charge in [-0.25, -0.2) is 4.98 Å². The summed E-state index contributed by atoms with van der Waals surface area (Å²) in [6.45, 7) is 1.81. The standard InChI is InChI=1S/C16H15BrClN3O2/c1-10-5-6-19-14(7-10)20-15(22)9-21(2)16(23)12-8-11(17)3-4-13(12)18/h3-8H,9H2,1-2H3,(H,19,20,22). The van der Waals surface area contributed by atoms with Crippen molar-refractivity contribution in [1.82, 2.24) is 9.88 Å². The minimum atomic E-state index is -0.330. The van der Waals surface area contributed by atoms with Gasteiger partial charge < -0.3 is 10.2 Å². The first-order valence-electron chi connectivity index (χ1n) is 6.80. The summed E-state index contributed by atoms with van der Waals surface area (Å²) in [6, 6.07) is 8.59. The van der Waals surface area contributed by atoms with Crippen LogP contribution in [0, 0.1) is 6.92 Å². The molecule has 1 N–H and O–H groups in total. The monoisotopic (exact) mass is 395 g/mol. The first kappa shape index (κ1) is 17.4. The van der Waals surface area contributed by atoms with Crippen LogP contribution in [0.1, 0.15) is 15.9 Å². The van der Waals surface area contributed by atoms with Crippen molar-refractivity contribution >= 4 is 45.2 Å². The van der Waals surface area contributed by atoms with E-state index in [9.17, 15) is 9.59 Å². The highest BCUT2D eigenvalue weighted by molar-refractivity contribution is 9.10. The predicted octanol–water partition coefficient (Wildman–Crippen LogP) is 3.52.